The van der Waals surface area contributed by atoms with Crippen LogP contribution in [-0.2, 0) is 6.54 Å². The molecule has 104 valence electrons. The van der Waals surface area contributed by atoms with Crippen molar-refractivity contribution in [1.29, 1.82) is 0 Å². The molecule has 1 aromatic heterocycles. The molecule has 0 spiro atoms. The third-order valence-corrected chi connectivity index (χ3v) is 3.49. The molecule has 0 saturated heterocycles. The lowest BCUT2D eigenvalue weighted by Crippen LogP contribution is -2.26. The van der Waals surface area contributed by atoms with Crippen molar-refractivity contribution in [2.24, 2.45) is 0 Å². The zero-order valence-corrected chi connectivity index (χ0v) is 11.5. The molecule has 2 aromatic rings. The first-order valence-corrected chi connectivity index (χ1v) is 6.53. The largest absolute Gasteiger partial charge is 0.493 e. The molecule has 1 aliphatic heterocycles. The molecule has 0 amide bonds. The van der Waals surface area contributed by atoms with Gasteiger partial charge in [0.05, 0.1) is 13.7 Å². The summed E-state index contributed by atoms with van der Waals surface area (Å²) in [6.07, 6.45) is 0. The summed E-state index contributed by atoms with van der Waals surface area (Å²) in [4.78, 5) is 16.4. The van der Waals surface area contributed by atoms with E-state index in [9.17, 15) is 4.79 Å². The van der Waals surface area contributed by atoms with E-state index < -0.39 is 0 Å². The van der Waals surface area contributed by atoms with Crippen LogP contribution in [0.25, 0.3) is 0 Å². The highest BCUT2D eigenvalue weighted by Crippen LogP contribution is 2.34. The van der Waals surface area contributed by atoms with Crippen molar-refractivity contribution in [2.75, 3.05) is 13.7 Å². The van der Waals surface area contributed by atoms with Gasteiger partial charge < -0.3 is 9.47 Å². The second-order valence-corrected chi connectivity index (χ2v) is 4.88. The summed E-state index contributed by atoms with van der Waals surface area (Å²) in [5.74, 6) is 1.03. The Morgan fingerprint density at radius 1 is 1.45 bits per heavy atom. The van der Waals surface area contributed by atoms with E-state index in [2.05, 4.69) is 4.98 Å². The Balaban J connectivity index is 1.95. The number of methoxy groups -OCH3 is 1. The molecule has 0 bridgehead atoms. The van der Waals surface area contributed by atoms with Crippen molar-refractivity contribution in [1.82, 2.24) is 9.55 Å². The Labute approximate surface area is 116 Å². The Morgan fingerprint density at radius 2 is 2.25 bits per heavy atom. The van der Waals surface area contributed by atoms with E-state index in [0.29, 0.717) is 24.9 Å². The van der Waals surface area contributed by atoms with Crippen LogP contribution in [0.15, 0.2) is 35.1 Å². The number of nitrogens with zero attached hydrogens (tertiary/aromatic N) is 2. The molecule has 0 N–H and O–H groups in total. The average Bonchev–Trinajstić information content (AvgIpc) is 2.85. The first-order chi connectivity index (χ1) is 9.69. The molecule has 0 radical (unpaired) electrons. The van der Waals surface area contributed by atoms with E-state index >= 15 is 0 Å². The van der Waals surface area contributed by atoms with E-state index in [4.69, 9.17) is 9.47 Å². The Kier molecular flexibility index (Phi) is 3.18. The quantitative estimate of drug-likeness (QED) is 0.854. The smallest absolute Gasteiger partial charge is 0.299 e. The van der Waals surface area contributed by atoms with E-state index in [-0.39, 0.29) is 11.5 Å². The second-order valence-electron chi connectivity index (χ2n) is 4.88. The summed E-state index contributed by atoms with van der Waals surface area (Å²) in [6, 6.07) is 9.77. The van der Waals surface area contributed by atoms with Gasteiger partial charge in [0.2, 0.25) is 0 Å². The van der Waals surface area contributed by atoms with Crippen LogP contribution in [0, 0.1) is 6.92 Å². The van der Waals surface area contributed by atoms with Crippen molar-refractivity contribution in [2.45, 2.75) is 19.4 Å². The van der Waals surface area contributed by atoms with Crippen LogP contribution >= 0.6 is 0 Å². The van der Waals surface area contributed by atoms with Crippen LogP contribution in [-0.4, -0.2) is 23.3 Å². The molecule has 3 rings (SSSR count). The maximum atomic E-state index is 12.1. The standard InChI is InChI=1S/C15H16N2O3/c1-10-7-14(18)17(15(16-10)19-2)8-11-9-20-13-6-4-3-5-12(11)13/h3-7,11H,8-9H2,1-2H3. The molecule has 5 heteroatoms. The van der Waals surface area contributed by atoms with E-state index in [1.165, 1.54) is 13.2 Å². The van der Waals surface area contributed by atoms with Gasteiger partial charge in [-0.3, -0.25) is 9.36 Å². The monoisotopic (exact) mass is 272 g/mol. The molecule has 20 heavy (non-hydrogen) atoms. The Bertz CT molecular complexity index is 694. The van der Waals surface area contributed by atoms with Gasteiger partial charge in [-0.2, -0.15) is 0 Å². The van der Waals surface area contributed by atoms with Crippen LogP contribution in [0.5, 0.6) is 11.8 Å². The van der Waals surface area contributed by atoms with Gasteiger partial charge in [0.15, 0.2) is 0 Å². The summed E-state index contributed by atoms with van der Waals surface area (Å²) in [6.45, 7) is 2.86. The van der Waals surface area contributed by atoms with Gasteiger partial charge in [0, 0.05) is 29.8 Å². The minimum absolute atomic E-state index is 0.0984. The molecule has 0 fully saturated rings. The minimum Gasteiger partial charge on any atom is -0.493 e. The molecule has 1 aliphatic rings. The fourth-order valence-corrected chi connectivity index (χ4v) is 2.52. The number of hydrogen-bond acceptors (Lipinski definition) is 4. The molecule has 0 saturated carbocycles. The van der Waals surface area contributed by atoms with Crippen molar-refractivity contribution >= 4 is 0 Å². The molecule has 1 atom stereocenters. The van der Waals surface area contributed by atoms with E-state index in [0.717, 1.165) is 11.3 Å². The van der Waals surface area contributed by atoms with E-state index in [1.807, 2.05) is 24.3 Å². The fraction of sp³-hybridized carbons (Fsp3) is 0.333. The second kappa shape index (κ2) is 5.00. The van der Waals surface area contributed by atoms with Crippen LogP contribution in [0.2, 0.25) is 0 Å². The maximum Gasteiger partial charge on any atom is 0.299 e. The van der Waals surface area contributed by atoms with E-state index in [1.54, 1.807) is 11.5 Å². The molecule has 1 unspecified atom stereocenters. The number of para-hydroxylation sites is 1. The van der Waals surface area contributed by atoms with Gasteiger partial charge in [-0.15, -0.1) is 0 Å². The summed E-state index contributed by atoms with van der Waals surface area (Å²) >= 11 is 0. The lowest BCUT2D eigenvalue weighted by molar-refractivity contribution is 0.299. The predicted octanol–water partition coefficient (Wildman–Crippen LogP) is 1.74. The third kappa shape index (κ3) is 2.15. The maximum absolute atomic E-state index is 12.1. The fourth-order valence-electron chi connectivity index (χ4n) is 2.52. The highest BCUT2D eigenvalue weighted by molar-refractivity contribution is 5.39. The normalized spacial score (nSPS) is 16.6. The molecular weight excluding hydrogens is 256 g/mol. The van der Waals surface area contributed by atoms with Gasteiger partial charge in [0.25, 0.3) is 11.6 Å². The molecule has 1 aromatic carbocycles. The average molecular weight is 272 g/mol. The SMILES string of the molecule is COc1nc(C)cc(=O)n1CC1COc2ccccc21. The van der Waals surface area contributed by atoms with Gasteiger partial charge >= 0.3 is 0 Å². The van der Waals surface area contributed by atoms with Crippen molar-refractivity contribution in [3.05, 3.63) is 51.9 Å². The van der Waals surface area contributed by atoms with Crippen molar-refractivity contribution in [3.8, 4) is 11.8 Å². The van der Waals surface area contributed by atoms with Gasteiger partial charge in [-0.25, -0.2) is 4.98 Å². The van der Waals surface area contributed by atoms with Gasteiger partial charge in [-0.05, 0) is 13.0 Å². The van der Waals surface area contributed by atoms with Crippen LogP contribution < -0.4 is 15.0 Å². The van der Waals surface area contributed by atoms with Crippen molar-refractivity contribution in [3.63, 3.8) is 0 Å². The summed E-state index contributed by atoms with van der Waals surface area (Å²) < 4.78 is 12.4. The molecule has 0 aliphatic carbocycles. The van der Waals surface area contributed by atoms with Crippen LogP contribution in [0.1, 0.15) is 17.2 Å². The first-order valence-electron chi connectivity index (χ1n) is 6.53. The summed E-state index contributed by atoms with van der Waals surface area (Å²) in [5.41, 5.74) is 1.69. The zero-order valence-electron chi connectivity index (χ0n) is 11.5. The Hall–Kier alpha value is -2.30. The number of benzene rings is 1. The molecule has 5 nitrogen and oxygen atoms in total. The topological polar surface area (TPSA) is 53.3 Å². The number of aryl methyl sites for hydroxylation is 1. The summed E-state index contributed by atoms with van der Waals surface area (Å²) in [5, 5.41) is 0. The third-order valence-electron chi connectivity index (χ3n) is 3.49. The first kappa shape index (κ1) is 12.7. The van der Waals surface area contributed by atoms with Gasteiger partial charge in [0.1, 0.15) is 5.75 Å². The van der Waals surface area contributed by atoms with Crippen molar-refractivity contribution < 1.29 is 9.47 Å². The number of fused-ring (bicyclic) bond motifs is 1. The van der Waals surface area contributed by atoms with Crippen LogP contribution in [0.3, 0.4) is 0 Å². The number of aromatic nitrogens is 2. The predicted molar refractivity (Wildman–Crippen MR) is 74.5 cm³/mol. The Morgan fingerprint density at radius 3 is 3.05 bits per heavy atom. The lowest BCUT2D eigenvalue weighted by Gasteiger charge is -2.14. The number of ether oxygens (including phenoxy) is 2. The number of rotatable bonds is 3. The summed E-state index contributed by atoms with van der Waals surface area (Å²) in [7, 11) is 1.52. The molecular formula is C15H16N2O3. The minimum atomic E-state index is -0.0984. The highest BCUT2D eigenvalue weighted by Gasteiger charge is 2.25. The number of hydrogen-bond donors (Lipinski definition) is 0. The van der Waals surface area contributed by atoms with Gasteiger partial charge in [-0.1, -0.05) is 18.2 Å². The zero-order chi connectivity index (χ0) is 14.1. The molecule has 2 heterocycles. The highest BCUT2D eigenvalue weighted by atomic mass is 16.5. The van der Waals surface area contributed by atoms with Crippen LogP contribution in [0.4, 0.5) is 0 Å². The lowest BCUT2D eigenvalue weighted by atomic mass is 10.0.